The van der Waals surface area contributed by atoms with E-state index < -0.39 is 0 Å². The molecule has 0 radical (unpaired) electrons. The number of methoxy groups -OCH3 is 1. The van der Waals surface area contributed by atoms with Crippen LogP contribution in [0.5, 0.6) is 11.5 Å². The van der Waals surface area contributed by atoms with Gasteiger partial charge in [0.05, 0.1) is 12.6 Å². The highest BCUT2D eigenvalue weighted by molar-refractivity contribution is 5.44. The second-order valence-electron chi connectivity index (χ2n) is 5.51. The normalized spacial score (nSPS) is 27.0. The monoisotopic (exact) mass is 263 g/mol. The first-order valence-corrected chi connectivity index (χ1v) is 6.96. The zero-order chi connectivity index (χ0) is 13.2. The van der Waals surface area contributed by atoms with E-state index >= 15 is 0 Å². The van der Waals surface area contributed by atoms with Gasteiger partial charge in [-0.2, -0.15) is 0 Å². The van der Waals surface area contributed by atoms with Crippen LogP contribution in [0.15, 0.2) is 18.2 Å². The first-order valence-electron chi connectivity index (χ1n) is 6.96. The molecule has 1 saturated heterocycles. The molecule has 0 amide bonds. The number of likely N-dealkylation sites (tertiary alicyclic amines) is 1. The lowest BCUT2D eigenvalue weighted by atomic mass is 9.96. The zero-order valence-electron chi connectivity index (χ0n) is 11.3. The maximum absolute atomic E-state index is 9.49. The van der Waals surface area contributed by atoms with E-state index in [0.717, 1.165) is 25.4 Å². The lowest BCUT2D eigenvalue weighted by molar-refractivity contribution is 0.0612. The standard InChI is InChI=1S/C15H21NO3/c1-18-9-11-3-2-6-16(8-11)14-10-19-15-7-12(17)4-5-13(14)15/h4-5,7,11,14,17H,2-3,6,8-10H2,1H3. The molecule has 0 bridgehead atoms. The summed E-state index contributed by atoms with van der Waals surface area (Å²) < 4.78 is 11.0. The van der Waals surface area contributed by atoms with Crippen molar-refractivity contribution < 1.29 is 14.6 Å². The van der Waals surface area contributed by atoms with Crippen molar-refractivity contribution in [1.82, 2.24) is 4.90 Å². The molecule has 0 aromatic heterocycles. The molecule has 2 aliphatic rings. The Balaban J connectivity index is 1.74. The van der Waals surface area contributed by atoms with Crippen molar-refractivity contribution in [2.45, 2.75) is 18.9 Å². The van der Waals surface area contributed by atoms with Crippen molar-refractivity contribution in [2.24, 2.45) is 5.92 Å². The molecule has 104 valence electrons. The molecule has 2 heterocycles. The summed E-state index contributed by atoms with van der Waals surface area (Å²) in [6.45, 7) is 3.72. The third-order valence-electron chi connectivity index (χ3n) is 4.15. The maximum Gasteiger partial charge on any atom is 0.127 e. The summed E-state index contributed by atoms with van der Waals surface area (Å²) in [4.78, 5) is 2.50. The average Bonchev–Trinajstić information content (AvgIpc) is 2.82. The molecule has 0 spiro atoms. The van der Waals surface area contributed by atoms with Gasteiger partial charge in [0, 0.05) is 25.3 Å². The summed E-state index contributed by atoms with van der Waals surface area (Å²) >= 11 is 0. The van der Waals surface area contributed by atoms with Gasteiger partial charge in [0.2, 0.25) is 0 Å². The summed E-state index contributed by atoms with van der Waals surface area (Å²) in [6, 6.07) is 5.78. The van der Waals surface area contributed by atoms with Crippen LogP contribution < -0.4 is 4.74 Å². The van der Waals surface area contributed by atoms with Crippen LogP contribution in [0.3, 0.4) is 0 Å². The highest BCUT2D eigenvalue weighted by Gasteiger charge is 2.32. The predicted molar refractivity (Wildman–Crippen MR) is 72.5 cm³/mol. The van der Waals surface area contributed by atoms with Gasteiger partial charge in [-0.1, -0.05) is 0 Å². The molecule has 1 aromatic carbocycles. The van der Waals surface area contributed by atoms with Crippen LogP contribution >= 0.6 is 0 Å². The van der Waals surface area contributed by atoms with Gasteiger partial charge in [0.25, 0.3) is 0 Å². The number of fused-ring (bicyclic) bond motifs is 1. The van der Waals surface area contributed by atoms with E-state index in [2.05, 4.69) is 4.90 Å². The van der Waals surface area contributed by atoms with Gasteiger partial charge in [-0.25, -0.2) is 0 Å². The number of hydrogen-bond acceptors (Lipinski definition) is 4. The van der Waals surface area contributed by atoms with E-state index in [0.29, 0.717) is 18.6 Å². The summed E-state index contributed by atoms with van der Waals surface area (Å²) in [5.41, 5.74) is 1.20. The summed E-state index contributed by atoms with van der Waals surface area (Å²) in [5, 5.41) is 9.49. The smallest absolute Gasteiger partial charge is 0.127 e. The average molecular weight is 263 g/mol. The number of phenolic OH excluding ortho intramolecular Hbond substituents is 1. The Hall–Kier alpha value is -1.26. The molecule has 2 unspecified atom stereocenters. The predicted octanol–water partition coefficient (Wildman–Crippen LogP) is 2.18. The number of aromatic hydroxyl groups is 1. The highest BCUT2D eigenvalue weighted by Crippen LogP contribution is 2.39. The summed E-state index contributed by atoms with van der Waals surface area (Å²) in [5.74, 6) is 1.73. The van der Waals surface area contributed by atoms with Crippen LogP contribution in [0.25, 0.3) is 0 Å². The van der Waals surface area contributed by atoms with Crippen molar-refractivity contribution in [2.75, 3.05) is 33.4 Å². The largest absolute Gasteiger partial charge is 0.508 e. The topological polar surface area (TPSA) is 41.9 Å². The Kier molecular flexibility index (Phi) is 3.62. The van der Waals surface area contributed by atoms with Crippen molar-refractivity contribution in [1.29, 1.82) is 0 Å². The van der Waals surface area contributed by atoms with Crippen LogP contribution in [-0.4, -0.2) is 43.4 Å². The van der Waals surface area contributed by atoms with Crippen molar-refractivity contribution in [3.63, 3.8) is 0 Å². The Bertz CT molecular complexity index is 447. The van der Waals surface area contributed by atoms with Gasteiger partial charge in [0.1, 0.15) is 18.1 Å². The minimum Gasteiger partial charge on any atom is -0.508 e. The summed E-state index contributed by atoms with van der Waals surface area (Å²) in [6.07, 6.45) is 2.47. The van der Waals surface area contributed by atoms with Gasteiger partial charge in [0.15, 0.2) is 0 Å². The highest BCUT2D eigenvalue weighted by atomic mass is 16.5. The zero-order valence-corrected chi connectivity index (χ0v) is 11.3. The molecule has 4 nitrogen and oxygen atoms in total. The van der Waals surface area contributed by atoms with E-state index in [9.17, 15) is 5.11 Å². The second-order valence-corrected chi connectivity index (χ2v) is 5.51. The number of hydrogen-bond donors (Lipinski definition) is 1. The molecule has 2 atom stereocenters. The third-order valence-corrected chi connectivity index (χ3v) is 4.15. The van der Waals surface area contributed by atoms with E-state index in [-0.39, 0.29) is 5.75 Å². The Morgan fingerprint density at radius 2 is 2.37 bits per heavy atom. The SMILES string of the molecule is COCC1CCCN(C2COc3cc(O)ccc32)C1. The van der Waals surface area contributed by atoms with E-state index in [4.69, 9.17) is 9.47 Å². The maximum atomic E-state index is 9.49. The number of benzene rings is 1. The molecule has 2 aliphatic heterocycles. The molecular formula is C15H21NO3. The van der Waals surface area contributed by atoms with Gasteiger partial charge < -0.3 is 14.6 Å². The molecule has 4 heteroatoms. The van der Waals surface area contributed by atoms with Crippen LogP contribution in [0.1, 0.15) is 24.4 Å². The lowest BCUT2D eigenvalue weighted by Gasteiger charge is -2.35. The van der Waals surface area contributed by atoms with Gasteiger partial charge >= 0.3 is 0 Å². The number of ether oxygens (including phenoxy) is 2. The molecule has 1 fully saturated rings. The van der Waals surface area contributed by atoms with Crippen LogP contribution in [0.2, 0.25) is 0 Å². The van der Waals surface area contributed by atoms with Crippen molar-refractivity contribution in [3.8, 4) is 11.5 Å². The first kappa shape index (κ1) is 12.8. The Labute approximate surface area is 113 Å². The second kappa shape index (κ2) is 5.39. The quantitative estimate of drug-likeness (QED) is 0.907. The molecule has 1 aromatic rings. The minimum absolute atomic E-state index is 0.273. The molecular weight excluding hydrogens is 242 g/mol. The lowest BCUT2D eigenvalue weighted by Crippen LogP contribution is -2.40. The number of phenols is 1. The summed E-state index contributed by atoms with van der Waals surface area (Å²) in [7, 11) is 1.77. The van der Waals surface area contributed by atoms with Crippen molar-refractivity contribution in [3.05, 3.63) is 23.8 Å². The minimum atomic E-state index is 0.273. The van der Waals surface area contributed by atoms with Gasteiger partial charge in [-0.15, -0.1) is 0 Å². The third kappa shape index (κ3) is 2.55. The molecule has 19 heavy (non-hydrogen) atoms. The van der Waals surface area contributed by atoms with Crippen LogP contribution in [0.4, 0.5) is 0 Å². The number of rotatable bonds is 3. The van der Waals surface area contributed by atoms with Crippen LogP contribution in [0, 0.1) is 5.92 Å². The fraction of sp³-hybridized carbons (Fsp3) is 0.600. The molecule has 1 N–H and O–H groups in total. The molecule has 0 saturated carbocycles. The van der Waals surface area contributed by atoms with E-state index in [1.807, 2.05) is 6.07 Å². The fourth-order valence-corrected chi connectivity index (χ4v) is 3.24. The van der Waals surface area contributed by atoms with Crippen LogP contribution in [-0.2, 0) is 4.74 Å². The van der Waals surface area contributed by atoms with E-state index in [1.165, 1.54) is 18.4 Å². The Morgan fingerprint density at radius 1 is 1.47 bits per heavy atom. The van der Waals surface area contributed by atoms with E-state index in [1.54, 1.807) is 19.2 Å². The van der Waals surface area contributed by atoms with Gasteiger partial charge in [-0.3, -0.25) is 4.90 Å². The molecule has 3 rings (SSSR count). The number of nitrogens with zero attached hydrogens (tertiary/aromatic N) is 1. The first-order chi connectivity index (χ1) is 9.28. The van der Waals surface area contributed by atoms with Crippen molar-refractivity contribution >= 4 is 0 Å². The Morgan fingerprint density at radius 3 is 3.21 bits per heavy atom. The molecule has 0 aliphatic carbocycles. The number of piperidine rings is 1. The van der Waals surface area contributed by atoms with Gasteiger partial charge in [-0.05, 0) is 37.4 Å². The fourth-order valence-electron chi connectivity index (χ4n) is 3.24.